The second-order valence-corrected chi connectivity index (χ2v) is 5.55. The van der Waals surface area contributed by atoms with Gasteiger partial charge in [-0.15, -0.1) is 0 Å². The van der Waals surface area contributed by atoms with E-state index in [1.54, 1.807) is 10.9 Å². The first kappa shape index (κ1) is 12.6. The van der Waals surface area contributed by atoms with Crippen LogP contribution < -0.4 is 0 Å². The molecule has 1 aliphatic heterocycles. The highest BCUT2D eigenvalue weighted by Gasteiger charge is 2.36. The van der Waals surface area contributed by atoms with Gasteiger partial charge in [0.2, 0.25) is 0 Å². The van der Waals surface area contributed by atoms with E-state index in [9.17, 15) is 5.11 Å². The molecule has 0 spiro atoms. The maximum Gasteiger partial charge on any atom is 0.0998 e. The van der Waals surface area contributed by atoms with E-state index in [1.807, 2.05) is 13.2 Å². The molecule has 1 aromatic rings. The van der Waals surface area contributed by atoms with E-state index in [1.165, 1.54) is 19.3 Å². The Labute approximate surface area is 103 Å². The highest BCUT2D eigenvalue weighted by Crippen LogP contribution is 2.32. The van der Waals surface area contributed by atoms with Gasteiger partial charge < -0.3 is 5.11 Å². The van der Waals surface area contributed by atoms with E-state index in [4.69, 9.17) is 0 Å². The Morgan fingerprint density at radius 1 is 1.29 bits per heavy atom. The van der Waals surface area contributed by atoms with Crippen molar-refractivity contribution in [2.45, 2.75) is 44.8 Å². The Bertz CT molecular complexity index is 366. The molecule has 2 heterocycles. The maximum atomic E-state index is 10.5. The summed E-state index contributed by atoms with van der Waals surface area (Å²) in [5, 5.41) is 14.7. The van der Waals surface area contributed by atoms with Gasteiger partial charge in [-0.05, 0) is 39.8 Å². The normalized spacial score (nSPS) is 20.5. The van der Waals surface area contributed by atoms with Crippen molar-refractivity contribution in [2.24, 2.45) is 7.05 Å². The van der Waals surface area contributed by atoms with Crippen LogP contribution in [0.1, 0.15) is 44.8 Å². The number of rotatable bonds is 3. The van der Waals surface area contributed by atoms with Crippen molar-refractivity contribution < 1.29 is 5.11 Å². The lowest BCUT2D eigenvalue weighted by molar-refractivity contribution is -0.0209. The van der Waals surface area contributed by atoms with Gasteiger partial charge in [0.05, 0.1) is 12.3 Å². The number of aromatic nitrogens is 2. The standard InChI is InChI=1S/C13H23N3O/c1-13(2,16-7-5-4-6-8-16)12(17)11-9-14-15(3)10-11/h9-10,12,17H,4-8H2,1-3H3. The minimum atomic E-state index is -0.478. The smallest absolute Gasteiger partial charge is 0.0998 e. The summed E-state index contributed by atoms with van der Waals surface area (Å²) in [7, 11) is 1.88. The van der Waals surface area contributed by atoms with Gasteiger partial charge in [0.15, 0.2) is 0 Å². The lowest BCUT2D eigenvalue weighted by Gasteiger charge is -2.43. The predicted octanol–water partition coefficient (Wildman–Crippen LogP) is 1.72. The Kier molecular flexibility index (Phi) is 3.54. The highest BCUT2D eigenvalue weighted by atomic mass is 16.3. The molecule has 1 fully saturated rings. The average Bonchev–Trinajstić information content (AvgIpc) is 2.76. The van der Waals surface area contributed by atoms with Crippen LogP contribution in [0.5, 0.6) is 0 Å². The van der Waals surface area contributed by atoms with Crippen molar-refractivity contribution in [1.82, 2.24) is 14.7 Å². The number of aryl methyl sites for hydroxylation is 1. The summed E-state index contributed by atoms with van der Waals surface area (Å²) in [6, 6.07) is 0. The highest BCUT2D eigenvalue weighted by molar-refractivity contribution is 5.13. The molecule has 1 aliphatic rings. The predicted molar refractivity (Wildman–Crippen MR) is 67.7 cm³/mol. The summed E-state index contributed by atoms with van der Waals surface area (Å²) in [6.07, 6.45) is 6.98. The molecule has 4 nitrogen and oxygen atoms in total. The lowest BCUT2D eigenvalue weighted by atomic mass is 9.89. The summed E-state index contributed by atoms with van der Waals surface area (Å²) in [5.74, 6) is 0. The van der Waals surface area contributed by atoms with Crippen LogP contribution in [0, 0.1) is 0 Å². The molecule has 1 N–H and O–H groups in total. The largest absolute Gasteiger partial charge is 0.386 e. The van der Waals surface area contributed by atoms with Crippen molar-refractivity contribution in [3.8, 4) is 0 Å². The Morgan fingerprint density at radius 2 is 1.94 bits per heavy atom. The average molecular weight is 237 g/mol. The summed E-state index contributed by atoms with van der Waals surface area (Å²) in [4.78, 5) is 2.40. The van der Waals surface area contributed by atoms with E-state index in [2.05, 4.69) is 23.8 Å². The molecule has 0 radical (unpaired) electrons. The second-order valence-electron chi connectivity index (χ2n) is 5.55. The number of hydrogen-bond donors (Lipinski definition) is 1. The van der Waals surface area contributed by atoms with Gasteiger partial charge in [0.1, 0.15) is 0 Å². The molecule has 1 saturated heterocycles. The third kappa shape index (κ3) is 2.53. The summed E-state index contributed by atoms with van der Waals surface area (Å²) in [5.41, 5.74) is 0.687. The van der Waals surface area contributed by atoms with E-state index in [0.29, 0.717) is 0 Å². The quantitative estimate of drug-likeness (QED) is 0.870. The summed E-state index contributed by atoms with van der Waals surface area (Å²) >= 11 is 0. The van der Waals surface area contributed by atoms with Gasteiger partial charge in [-0.25, -0.2) is 0 Å². The Balaban J connectivity index is 2.13. The topological polar surface area (TPSA) is 41.3 Å². The zero-order chi connectivity index (χ0) is 12.5. The second kappa shape index (κ2) is 4.78. The van der Waals surface area contributed by atoms with Crippen molar-refractivity contribution in [3.63, 3.8) is 0 Å². The fourth-order valence-corrected chi connectivity index (χ4v) is 2.63. The molecule has 1 unspecified atom stereocenters. The molecule has 4 heteroatoms. The van der Waals surface area contributed by atoms with Crippen LogP contribution in [0.15, 0.2) is 12.4 Å². The molecule has 17 heavy (non-hydrogen) atoms. The number of likely N-dealkylation sites (tertiary alicyclic amines) is 1. The number of aliphatic hydroxyl groups excluding tert-OH is 1. The zero-order valence-corrected chi connectivity index (χ0v) is 11.1. The molecule has 0 saturated carbocycles. The van der Waals surface area contributed by atoms with E-state index in [-0.39, 0.29) is 5.54 Å². The Morgan fingerprint density at radius 3 is 2.47 bits per heavy atom. The van der Waals surface area contributed by atoms with Gasteiger partial charge in [-0.1, -0.05) is 6.42 Å². The lowest BCUT2D eigenvalue weighted by Crippen LogP contribution is -2.50. The monoisotopic (exact) mass is 237 g/mol. The van der Waals surface area contributed by atoms with Gasteiger partial charge in [0.25, 0.3) is 0 Å². The van der Waals surface area contributed by atoms with E-state index < -0.39 is 6.10 Å². The van der Waals surface area contributed by atoms with Crippen LogP contribution >= 0.6 is 0 Å². The molecule has 0 amide bonds. The molecule has 0 bridgehead atoms. The molecule has 96 valence electrons. The Hall–Kier alpha value is -0.870. The van der Waals surface area contributed by atoms with Crippen LogP contribution in [0.4, 0.5) is 0 Å². The minimum Gasteiger partial charge on any atom is -0.386 e. The first-order chi connectivity index (χ1) is 8.01. The molecule has 2 rings (SSSR count). The molecule has 0 aliphatic carbocycles. The van der Waals surface area contributed by atoms with Crippen LogP contribution in [0.3, 0.4) is 0 Å². The zero-order valence-electron chi connectivity index (χ0n) is 11.1. The van der Waals surface area contributed by atoms with Crippen LogP contribution in [-0.2, 0) is 7.05 Å². The van der Waals surface area contributed by atoms with Crippen molar-refractivity contribution in [3.05, 3.63) is 18.0 Å². The number of aliphatic hydroxyl groups is 1. The molecule has 1 aromatic heterocycles. The van der Waals surface area contributed by atoms with Crippen LogP contribution in [-0.4, -0.2) is 38.4 Å². The van der Waals surface area contributed by atoms with Crippen LogP contribution in [0.2, 0.25) is 0 Å². The van der Waals surface area contributed by atoms with Crippen molar-refractivity contribution in [2.75, 3.05) is 13.1 Å². The SMILES string of the molecule is Cn1cc(C(O)C(C)(C)N2CCCCC2)cn1. The number of nitrogens with zero attached hydrogens (tertiary/aromatic N) is 3. The number of piperidine rings is 1. The molecule has 1 atom stereocenters. The summed E-state index contributed by atoms with van der Waals surface area (Å²) < 4.78 is 1.74. The molecular formula is C13H23N3O. The third-order valence-electron chi connectivity index (χ3n) is 3.88. The number of hydrogen-bond acceptors (Lipinski definition) is 3. The van der Waals surface area contributed by atoms with Gasteiger partial charge in [-0.2, -0.15) is 5.10 Å². The van der Waals surface area contributed by atoms with Crippen LogP contribution in [0.25, 0.3) is 0 Å². The molecule has 0 aromatic carbocycles. The van der Waals surface area contributed by atoms with E-state index in [0.717, 1.165) is 18.7 Å². The van der Waals surface area contributed by atoms with Gasteiger partial charge in [0, 0.05) is 24.3 Å². The van der Waals surface area contributed by atoms with E-state index >= 15 is 0 Å². The molecular weight excluding hydrogens is 214 g/mol. The fourth-order valence-electron chi connectivity index (χ4n) is 2.63. The first-order valence-corrected chi connectivity index (χ1v) is 6.43. The van der Waals surface area contributed by atoms with Gasteiger partial charge in [-0.3, -0.25) is 9.58 Å². The minimum absolute atomic E-state index is 0.219. The first-order valence-electron chi connectivity index (χ1n) is 6.43. The van der Waals surface area contributed by atoms with Gasteiger partial charge >= 0.3 is 0 Å². The maximum absolute atomic E-state index is 10.5. The van der Waals surface area contributed by atoms with Crippen molar-refractivity contribution >= 4 is 0 Å². The fraction of sp³-hybridized carbons (Fsp3) is 0.769. The third-order valence-corrected chi connectivity index (χ3v) is 3.88. The summed E-state index contributed by atoms with van der Waals surface area (Å²) in [6.45, 7) is 6.42. The van der Waals surface area contributed by atoms with Crippen molar-refractivity contribution in [1.29, 1.82) is 0 Å².